The summed E-state index contributed by atoms with van der Waals surface area (Å²) in [7, 11) is 0. The molecular formula is C27H32BrNO3. The van der Waals surface area contributed by atoms with Crippen LogP contribution < -0.4 is 4.74 Å². The smallest absolute Gasteiger partial charge is 0.246 e. The van der Waals surface area contributed by atoms with Crippen molar-refractivity contribution in [1.82, 2.24) is 4.90 Å². The van der Waals surface area contributed by atoms with E-state index in [1.807, 2.05) is 37.8 Å². The first-order valence-corrected chi connectivity index (χ1v) is 12.1. The summed E-state index contributed by atoms with van der Waals surface area (Å²) in [5.74, 6) is 0.819. The predicted octanol–water partition coefficient (Wildman–Crippen LogP) is 7.62. The number of carbonyl (C=O) groups is 1. The zero-order chi connectivity index (χ0) is 23.3. The normalized spacial score (nSPS) is 11.8. The van der Waals surface area contributed by atoms with Gasteiger partial charge >= 0.3 is 0 Å². The summed E-state index contributed by atoms with van der Waals surface area (Å²) in [4.78, 5) is 14.9. The molecule has 1 amide bonds. The highest BCUT2D eigenvalue weighted by molar-refractivity contribution is 9.10. The van der Waals surface area contributed by atoms with Crippen LogP contribution in [0, 0.1) is 6.92 Å². The van der Waals surface area contributed by atoms with E-state index in [4.69, 9.17) is 9.15 Å². The molecule has 0 aliphatic carbocycles. The molecule has 2 aromatic carbocycles. The molecule has 1 aromatic heterocycles. The fourth-order valence-corrected chi connectivity index (χ4v) is 4.44. The molecular weight excluding hydrogens is 466 g/mol. The number of ether oxygens (including phenoxy) is 1. The fourth-order valence-electron chi connectivity index (χ4n) is 4.04. The van der Waals surface area contributed by atoms with Gasteiger partial charge in [0.1, 0.15) is 11.3 Å². The molecule has 0 aliphatic heterocycles. The molecule has 0 fully saturated rings. The van der Waals surface area contributed by atoms with Crippen LogP contribution in [0.2, 0.25) is 0 Å². The molecule has 0 radical (unpaired) electrons. The summed E-state index contributed by atoms with van der Waals surface area (Å²) in [6.45, 7) is 12.2. The van der Waals surface area contributed by atoms with Crippen LogP contribution in [-0.4, -0.2) is 30.5 Å². The number of furan rings is 1. The Morgan fingerprint density at radius 1 is 1.16 bits per heavy atom. The number of carbonyl (C=O) groups excluding carboxylic acids is 1. The van der Waals surface area contributed by atoms with Gasteiger partial charge in [0.05, 0.1) is 12.9 Å². The van der Waals surface area contributed by atoms with E-state index in [9.17, 15) is 4.79 Å². The van der Waals surface area contributed by atoms with Crippen molar-refractivity contribution in [2.24, 2.45) is 0 Å². The molecule has 0 unspecified atom stereocenters. The second-order valence-corrected chi connectivity index (χ2v) is 8.92. The minimum absolute atomic E-state index is 0.0470. The lowest BCUT2D eigenvalue weighted by molar-refractivity contribution is -0.126. The molecule has 0 spiro atoms. The van der Waals surface area contributed by atoms with Gasteiger partial charge in [-0.25, -0.2) is 0 Å². The number of fused-ring (bicyclic) bond motifs is 1. The van der Waals surface area contributed by atoms with Crippen LogP contribution in [0.1, 0.15) is 51.7 Å². The third-order valence-electron chi connectivity index (χ3n) is 5.53. The van der Waals surface area contributed by atoms with Crippen molar-refractivity contribution in [2.45, 2.75) is 47.5 Å². The van der Waals surface area contributed by atoms with Gasteiger partial charge in [0.15, 0.2) is 0 Å². The Bertz CT molecular complexity index is 1120. The molecule has 170 valence electrons. The van der Waals surface area contributed by atoms with Gasteiger partial charge in [0.25, 0.3) is 0 Å². The molecule has 0 aliphatic rings. The van der Waals surface area contributed by atoms with Crippen LogP contribution in [-0.2, 0) is 4.79 Å². The van der Waals surface area contributed by atoms with E-state index in [2.05, 4.69) is 48.0 Å². The first kappa shape index (κ1) is 24.1. The van der Waals surface area contributed by atoms with E-state index in [1.54, 1.807) is 12.3 Å². The summed E-state index contributed by atoms with van der Waals surface area (Å²) >= 11 is 3.56. The van der Waals surface area contributed by atoms with E-state index in [0.717, 1.165) is 74.9 Å². The van der Waals surface area contributed by atoms with Crippen molar-refractivity contribution < 1.29 is 13.9 Å². The number of amides is 1. The zero-order valence-electron chi connectivity index (χ0n) is 19.6. The molecule has 0 bridgehead atoms. The van der Waals surface area contributed by atoms with Crippen LogP contribution >= 0.6 is 15.9 Å². The second kappa shape index (κ2) is 10.9. The quantitative estimate of drug-likeness (QED) is 0.285. The lowest BCUT2D eigenvalue weighted by atomic mass is 9.96. The standard InChI is InChI=1S/C27H32BrNO3/c1-6-12-29(13-7-2)25(30)14-18(4)22-16-23-24(20-10-9-11-21(28)15-20)17-32-27(23)19(5)26(22)31-8-3/h9-11,14-17H,6-8,12-13H2,1-5H3/b18-14+. The lowest BCUT2D eigenvalue weighted by Gasteiger charge is -2.20. The highest BCUT2D eigenvalue weighted by atomic mass is 79.9. The van der Waals surface area contributed by atoms with Crippen molar-refractivity contribution in [2.75, 3.05) is 19.7 Å². The van der Waals surface area contributed by atoms with Crippen LogP contribution in [0.25, 0.3) is 27.7 Å². The Morgan fingerprint density at radius 2 is 1.88 bits per heavy atom. The van der Waals surface area contributed by atoms with Crippen molar-refractivity contribution in [3.8, 4) is 16.9 Å². The number of hydrogen-bond acceptors (Lipinski definition) is 3. The molecule has 4 nitrogen and oxygen atoms in total. The van der Waals surface area contributed by atoms with E-state index in [1.165, 1.54) is 0 Å². The maximum atomic E-state index is 13.0. The fraction of sp³-hybridized carbons (Fsp3) is 0.370. The molecule has 1 heterocycles. The van der Waals surface area contributed by atoms with E-state index in [0.29, 0.717) is 6.61 Å². The Balaban J connectivity index is 2.14. The first-order valence-electron chi connectivity index (χ1n) is 11.3. The SMILES string of the molecule is CCCN(CCC)C(=O)/C=C(\C)c1cc2c(-c3cccc(Br)c3)coc2c(C)c1OCC. The van der Waals surface area contributed by atoms with Gasteiger partial charge in [-0.3, -0.25) is 4.79 Å². The third kappa shape index (κ3) is 5.09. The Hall–Kier alpha value is -2.53. The largest absolute Gasteiger partial charge is 0.493 e. The number of allylic oxidation sites excluding steroid dienone is 1. The van der Waals surface area contributed by atoms with Gasteiger partial charge in [-0.1, -0.05) is 41.9 Å². The van der Waals surface area contributed by atoms with Crippen LogP contribution in [0.5, 0.6) is 5.75 Å². The molecule has 0 saturated carbocycles. The topological polar surface area (TPSA) is 42.7 Å². The van der Waals surface area contributed by atoms with E-state index in [-0.39, 0.29) is 5.91 Å². The molecule has 5 heteroatoms. The Morgan fingerprint density at radius 3 is 2.50 bits per heavy atom. The average molecular weight is 498 g/mol. The van der Waals surface area contributed by atoms with E-state index >= 15 is 0 Å². The Kier molecular flexibility index (Phi) is 8.19. The zero-order valence-corrected chi connectivity index (χ0v) is 21.2. The summed E-state index contributed by atoms with van der Waals surface area (Å²) < 4.78 is 13.0. The number of halogens is 1. The number of nitrogens with zero attached hydrogens (tertiary/aromatic N) is 1. The molecule has 32 heavy (non-hydrogen) atoms. The molecule has 0 atom stereocenters. The van der Waals surface area contributed by atoms with Crippen molar-refractivity contribution in [3.05, 3.63) is 58.3 Å². The minimum Gasteiger partial charge on any atom is -0.493 e. The van der Waals surface area contributed by atoms with Gasteiger partial charge in [0.2, 0.25) is 5.91 Å². The highest BCUT2D eigenvalue weighted by Gasteiger charge is 2.20. The predicted molar refractivity (Wildman–Crippen MR) is 136 cm³/mol. The van der Waals surface area contributed by atoms with Crippen molar-refractivity contribution in [3.63, 3.8) is 0 Å². The summed E-state index contributed by atoms with van der Waals surface area (Å²) in [5, 5.41) is 1.01. The monoisotopic (exact) mass is 497 g/mol. The van der Waals surface area contributed by atoms with Gasteiger partial charge in [-0.05, 0) is 62.9 Å². The van der Waals surface area contributed by atoms with Crippen LogP contribution in [0.4, 0.5) is 0 Å². The molecule has 0 N–H and O–H groups in total. The van der Waals surface area contributed by atoms with Gasteiger partial charge in [-0.15, -0.1) is 0 Å². The highest BCUT2D eigenvalue weighted by Crippen LogP contribution is 2.41. The maximum Gasteiger partial charge on any atom is 0.246 e. The van der Waals surface area contributed by atoms with Crippen LogP contribution in [0.15, 0.2) is 51.6 Å². The average Bonchev–Trinajstić information content (AvgIpc) is 3.19. The van der Waals surface area contributed by atoms with Gasteiger partial charge < -0.3 is 14.1 Å². The molecule has 0 saturated heterocycles. The minimum atomic E-state index is 0.0470. The number of benzene rings is 2. The number of rotatable bonds is 9. The maximum absolute atomic E-state index is 13.0. The number of hydrogen-bond donors (Lipinski definition) is 0. The third-order valence-corrected chi connectivity index (χ3v) is 6.03. The summed E-state index contributed by atoms with van der Waals surface area (Å²) in [5.41, 5.74) is 5.66. The van der Waals surface area contributed by atoms with E-state index < -0.39 is 0 Å². The second-order valence-electron chi connectivity index (χ2n) is 8.00. The van der Waals surface area contributed by atoms with Crippen LogP contribution in [0.3, 0.4) is 0 Å². The van der Waals surface area contributed by atoms with Gasteiger partial charge in [0, 0.05) is 45.7 Å². The number of aryl methyl sites for hydroxylation is 1. The summed E-state index contributed by atoms with van der Waals surface area (Å²) in [6.07, 6.45) is 5.43. The van der Waals surface area contributed by atoms with Crippen molar-refractivity contribution in [1.29, 1.82) is 0 Å². The molecule has 3 aromatic rings. The van der Waals surface area contributed by atoms with Crippen molar-refractivity contribution >= 4 is 38.4 Å². The Labute approximate surface area is 199 Å². The lowest BCUT2D eigenvalue weighted by Crippen LogP contribution is -2.31. The first-order chi connectivity index (χ1) is 15.4. The molecule has 3 rings (SSSR count). The summed E-state index contributed by atoms with van der Waals surface area (Å²) in [6, 6.07) is 10.3. The van der Waals surface area contributed by atoms with Gasteiger partial charge in [-0.2, -0.15) is 0 Å².